The highest BCUT2D eigenvalue weighted by Crippen LogP contribution is 2.35. The van der Waals surface area contributed by atoms with Crippen LogP contribution in [0.4, 0.5) is 5.82 Å². The number of nitrogens with one attached hydrogen (secondary N) is 1. The average Bonchev–Trinajstić information content (AvgIpc) is 3.17. The van der Waals surface area contributed by atoms with E-state index >= 15 is 0 Å². The zero-order chi connectivity index (χ0) is 18.1. The average molecular weight is 357 g/mol. The van der Waals surface area contributed by atoms with Gasteiger partial charge in [-0.2, -0.15) is 0 Å². The summed E-state index contributed by atoms with van der Waals surface area (Å²) in [6.45, 7) is 1.37. The fourth-order valence-electron chi connectivity index (χ4n) is 3.40. The van der Waals surface area contributed by atoms with Crippen LogP contribution in [-0.2, 0) is 13.0 Å². The summed E-state index contributed by atoms with van der Waals surface area (Å²) in [4.78, 5) is 9.50. The zero-order valence-electron chi connectivity index (χ0n) is 14.8. The van der Waals surface area contributed by atoms with Crippen molar-refractivity contribution < 1.29 is 9.15 Å². The Morgan fingerprint density at radius 1 is 0.963 bits per heavy atom. The van der Waals surface area contributed by atoms with Crippen LogP contribution in [0.2, 0.25) is 0 Å². The van der Waals surface area contributed by atoms with Gasteiger partial charge < -0.3 is 14.5 Å². The lowest BCUT2D eigenvalue weighted by molar-refractivity contribution is 0.285. The topological polar surface area (TPSA) is 60.2 Å². The molecule has 2 aromatic carbocycles. The molecule has 0 amide bonds. The molecule has 4 aromatic rings. The van der Waals surface area contributed by atoms with Gasteiger partial charge in [0.05, 0.1) is 18.6 Å². The van der Waals surface area contributed by atoms with E-state index in [1.165, 1.54) is 5.56 Å². The minimum absolute atomic E-state index is 0.594. The van der Waals surface area contributed by atoms with Gasteiger partial charge in [0.15, 0.2) is 23.2 Å². The number of aromatic nitrogens is 2. The van der Waals surface area contributed by atoms with Gasteiger partial charge >= 0.3 is 0 Å². The summed E-state index contributed by atoms with van der Waals surface area (Å²) in [5, 5.41) is 5.48. The molecule has 0 radical (unpaired) electrons. The van der Waals surface area contributed by atoms with Crippen LogP contribution < -0.4 is 10.1 Å². The molecule has 0 spiro atoms. The lowest BCUT2D eigenvalue weighted by Gasteiger charge is -2.20. The highest BCUT2D eigenvalue weighted by Gasteiger charge is 2.22. The monoisotopic (exact) mass is 357 g/mol. The summed E-state index contributed by atoms with van der Waals surface area (Å²) in [6, 6.07) is 18.3. The van der Waals surface area contributed by atoms with Crippen LogP contribution in [0, 0.1) is 0 Å². The largest absolute Gasteiger partial charge is 0.488 e. The van der Waals surface area contributed by atoms with Gasteiger partial charge in [-0.15, -0.1) is 0 Å². The third kappa shape index (κ3) is 3.01. The highest BCUT2D eigenvalue weighted by atomic mass is 16.5. The summed E-state index contributed by atoms with van der Waals surface area (Å²) in [6.07, 6.45) is 3.59. The second-order valence-electron chi connectivity index (χ2n) is 6.61. The molecule has 0 saturated carbocycles. The first kappa shape index (κ1) is 15.9. The summed E-state index contributed by atoms with van der Waals surface area (Å²) in [7, 11) is 0. The fraction of sp³-hybridized carbons (Fsp3) is 0.182. The Labute approximate surface area is 157 Å². The van der Waals surface area contributed by atoms with Crippen LogP contribution in [0.3, 0.4) is 0 Å². The molecule has 2 aromatic heterocycles. The Bertz CT molecular complexity index is 1090. The predicted octanol–water partition coefficient (Wildman–Crippen LogP) is 4.83. The summed E-state index contributed by atoms with van der Waals surface area (Å²) >= 11 is 0. The van der Waals surface area contributed by atoms with E-state index in [9.17, 15) is 0 Å². The molecule has 134 valence electrons. The molecule has 5 rings (SSSR count). The number of benzene rings is 2. The molecule has 1 aliphatic rings. The highest BCUT2D eigenvalue weighted by molar-refractivity contribution is 5.92. The lowest BCUT2D eigenvalue weighted by Crippen LogP contribution is -2.15. The molecule has 0 unspecified atom stereocenters. The predicted molar refractivity (Wildman–Crippen MR) is 105 cm³/mol. The normalized spacial score (nSPS) is 13.2. The van der Waals surface area contributed by atoms with Gasteiger partial charge in [-0.25, -0.2) is 9.97 Å². The van der Waals surface area contributed by atoms with Gasteiger partial charge in [0.25, 0.3) is 0 Å². The van der Waals surface area contributed by atoms with Crippen molar-refractivity contribution in [1.29, 1.82) is 0 Å². The van der Waals surface area contributed by atoms with Gasteiger partial charge in [-0.3, -0.25) is 0 Å². The molecular formula is C22H19N3O2. The number of aryl methyl sites for hydroxylation is 1. The first-order valence-electron chi connectivity index (χ1n) is 9.16. The van der Waals surface area contributed by atoms with Crippen LogP contribution in [0.15, 0.2) is 65.3 Å². The van der Waals surface area contributed by atoms with Crippen LogP contribution >= 0.6 is 0 Å². The van der Waals surface area contributed by atoms with Crippen LogP contribution in [-0.4, -0.2) is 16.6 Å². The molecule has 0 fully saturated rings. The van der Waals surface area contributed by atoms with E-state index in [1.807, 2.05) is 42.5 Å². The number of hydrogen-bond donors (Lipinski definition) is 1. The van der Waals surface area contributed by atoms with E-state index in [0.29, 0.717) is 24.7 Å². The van der Waals surface area contributed by atoms with Gasteiger partial charge in [0.1, 0.15) is 0 Å². The summed E-state index contributed by atoms with van der Waals surface area (Å²) in [5.41, 5.74) is 2.12. The van der Waals surface area contributed by atoms with Crippen molar-refractivity contribution in [2.45, 2.75) is 19.4 Å². The van der Waals surface area contributed by atoms with Crippen LogP contribution in [0.1, 0.15) is 17.7 Å². The van der Waals surface area contributed by atoms with Crippen molar-refractivity contribution in [1.82, 2.24) is 9.97 Å². The maximum Gasteiger partial charge on any atom is 0.198 e. The smallest absolute Gasteiger partial charge is 0.198 e. The maximum absolute atomic E-state index is 5.88. The molecule has 27 heavy (non-hydrogen) atoms. The SMILES string of the molecule is c1ccc(CNc2nc(-c3occ4ccccc34)nc3c2OCCC3)cc1. The molecule has 0 atom stereocenters. The summed E-state index contributed by atoms with van der Waals surface area (Å²) in [5.74, 6) is 2.77. The molecular weight excluding hydrogens is 338 g/mol. The Balaban J connectivity index is 1.56. The van der Waals surface area contributed by atoms with Crippen LogP contribution in [0.25, 0.3) is 22.4 Å². The minimum Gasteiger partial charge on any atom is -0.488 e. The van der Waals surface area contributed by atoms with Crippen molar-refractivity contribution in [2.75, 3.05) is 11.9 Å². The number of fused-ring (bicyclic) bond motifs is 2. The number of furan rings is 1. The first-order valence-corrected chi connectivity index (χ1v) is 9.16. The van der Waals surface area contributed by atoms with Crippen molar-refractivity contribution >= 4 is 16.6 Å². The van der Waals surface area contributed by atoms with Gasteiger partial charge in [0.2, 0.25) is 0 Å². The first-order chi connectivity index (χ1) is 13.4. The van der Waals surface area contributed by atoms with Crippen molar-refractivity contribution in [3.63, 3.8) is 0 Å². The Kier molecular flexibility index (Phi) is 3.98. The molecule has 0 bridgehead atoms. The summed E-state index contributed by atoms with van der Waals surface area (Å²) < 4.78 is 11.7. The van der Waals surface area contributed by atoms with Gasteiger partial charge in [-0.05, 0) is 18.4 Å². The van der Waals surface area contributed by atoms with E-state index in [2.05, 4.69) is 17.4 Å². The second kappa shape index (κ2) is 6.76. The van der Waals surface area contributed by atoms with Crippen molar-refractivity contribution in [3.05, 3.63) is 72.1 Å². The van der Waals surface area contributed by atoms with Gasteiger partial charge in [-0.1, -0.05) is 54.6 Å². The minimum atomic E-state index is 0.594. The zero-order valence-corrected chi connectivity index (χ0v) is 14.8. The molecule has 5 nitrogen and oxygen atoms in total. The molecule has 1 aliphatic heterocycles. The quantitative estimate of drug-likeness (QED) is 0.567. The van der Waals surface area contributed by atoms with Gasteiger partial charge in [0, 0.05) is 17.3 Å². The van der Waals surface area contributed by atoms with E-state index in [1.54, 1.807) is 6.26 Å². The number of anilines is 1. The maximum atomic E-state index is 5.88. The number of rotatable bonds is 4. The fourth-order valence-corrected chi connectivity index (χ4v) is 3.40. The molecule has 5 heteroatoms. The molecule has 1 N–H and O–H groups in total. The third-order valence-electron chi connectivity index (χ3n) is 4.76. The Morgan fingerprint density at radius 3 is 2.74 bits per heavy atom. The van der Waals surface area contributed by atoms with Crippen molar-refractivity contribution in [3.8, 4) is 17.3 Å². The molecule has 0 aliphatic carbocycles. The van der Waals surface area contributed by atoms with E-state index in [0.717, 1.165) is 40.9 Å². The third-order valence-corrected chi connectivity index (χ3v) is 4.76. The van der Waals surface area contributed by atoms with Crippen LogP contribution in [0.5, 0.6) is 5.75 Å². The standard InChI is InChI=1S/C22H19N3O2/c1-2-7-15(8-3-1)13-23-21-20-18(11-6-12-26-20)24-22(25-21)19-17-10-5-4-9-16(17)14-27-19/h1-5,7-10,14H,6,11-13H2,(H,23,24,25). The number of hydrogen-bond acceptors (Lipinski definition) is 5. The van der Waals surface area contributed by atoms with E-state index in [-0.39, 0.29) is 0 Å². The number of nitrogens with zero attached hydrogens (tertiary/aromatic N) is 2. The second-order valence-corrected chi connectivity index (χ2v) is 6.61. The Hall–Kier alpha value is -3.34. The lowest BCUT2D eigenvalue weighted by atomic mass is 10.1. The molecule has 3 heterocycles. The van der Waals surface area contributed by atoms with E-state index in [4.69, 9.17) is 19.1 Å². The molecule has 0 saturated heterocycles. The van der Waals surface area contributed by atoms with E-state index < -0.39 is 0 Å². The number of ether oxygens (including phenoxy) is 1. The Morgan fingerprint density at radius 2 is 1.81 bits per heavy atom. The van der Waals surface area contributed by atoms with Crippen molar-refractivity contribution in [2.24, 2.45) is 0 Å².